The fourth-order valence-corrected chi connectivity index (χ4v) is 2.31. The van der Waals surface area contributed by atoms with Crippen LogP contribution in [0.4, 0.5) is 5.69 Å². The number of hydrogen-bond donors (Lipinski definition) is 2. The van der Waals surface area contributed by atoms with Crippen molar-refractivity contribution >= 4 is 11.6 Å². The lowest BCUT2D eigenvalue weighted by Gasteiger charge is -2.24. The van der Waals surface area contributed by atoms with Gasteiger partial charge in [0.1, 0.15) is 0 Å². The van der Waals surface area contributed by atoms with Gasteiger partial charge in [0.2, 0.25) is 5.91 Å². The summed E-state index contributed by atoms with van der Waals surface area (Å²) in [7, 11) is 0. The molecule has 0 spiro atoms. The second-order valence-electron chi connectivity index (χ2n) is 6.07. The van der Waals surface area contributed by atoms with Crippen LogP contribution in [0.15, 0.2) is 24.3 Å². The molecule has 4 nitrogen and oxygen atoms in total. The molecule has 2 rings (SSSR count). The minimum absolute atomic E-state index is 0.0242. The molecule has 1 saturated heterocycles. The third kappa shape index (κ3) is 3.58. The fraction of sp³-hybridized carbons (Fsp3) is 0.562. The smallest absolute Gasteiger partial charge is 0.229 e. The van der Waals surface area contributed by atoms with Gasteiger partial charge in [-0.3, -0.25) is 4.79 Å². The van der Waals surface area contributed by atoms with Crippen molar-refractivity contribution in [2.75, 3.05) is 25.1 Å². The number of ether oxygens (including phenoxy) is 1. The van der Waals surface area contributed by atoms with Crippen LogP contribution >= 0.6 is 0 Å². The molecule has 0 saturated carbocycles. The first-order valence-electron chi connectivity index (χ1n) is 7.22. The van der Waals surface area contributed by atoms with Crippen LogP contribution in [0.5, 0.6) is 0 Å². The third-order valence-corrected chi connectivity index (χ3v) is 3.98. The first-order chi connectivity index (χ1) is 9.53. The molecule has 110 valence electrons. The van der Waals surface area contributed by atoms with Gasteiger partial charge < -0.3 is 15.8 Å². The quantitative estimate of drug-likeness (QED) is 0.887. The van der Waals surface area contributed by atoms with Gasteiger partial charge in [0, 0.05) is 24.3 Å². The molecule has 4 heteroatoms. The first-order valence-corrected chi connectivity index (χ1v) is 7.22. The Kier molecular flexibility index (Phi) is 4.78. The van der Waals surface area contributed by atoms with Gasteiger partial charge in [-0.05, 0) is 30.5 Å². The van der Waals surface area contributed by atoms with Crippen LogP contribution in [-0.4, -0.2) is 25.7 Å². The molecule has 1 aliphatic rings. The number of hydrogen-bond acceptors (Lipinski definition) is 3. The Bertz CT molecular complexity index is 448. The Morgan fingerprint density at radius 2 is 2.10 bits per heavy atom. The minimum atomic E-state index is -0.0419. The lowest BCUT2D eigenvalue weighted by Crippen LogP contribution is -2.30. The molecular weight excluding hydrogens is 252 g/mol. The lowest BCUT2D eigenvalue weighted by atomic mass is 9.85. The minimum Gasteiger partial charge on any atom is -0.381 e. The highest BCUT2D eigenvalue weighted by Crippen LogP contribution is 2.24. The Labute approximate surface area is 120 Å². The van der Waals surface area contributed by atoms with E-state index in [-0.39, 0.29) is 17.2 Å². The van der Waals surface area contributed by atoms with Crippen molar-refractivity contribution in [3.05, 3.63) is 29.8 Å². The number of carbonyl (C=O) groups excluding carboxylic acids is 1. The zero-order valence-electron chi connectivity index (χ0n) is 12.3. The van der Waals surface area contributed by atoms with Crippen molar-refractivity contribution in [1.82, 2.24) is 0 Å². The number of amides is 1. The van der Waals surface area contributed by atoms with E-state index in [4.69, 9.17) is 10.5 Å². The Balaban J connectivity index is 1.98. The highest BCUT2D eigenvalue weighted by molar-refractivity contribution is 5.92. The van der Waals surface area contributed by atoms with Crippen LogP contribution in [0, 0.1) is 5.92 Å². The van der Waals surface area contributed by atoms with Crippen LogP contribution in [0.1, 0.15) is 32.3 Å². The monoisotopic (exact) mass is 276 g/mol. The van der Waals surface area contributed by atoms with E-state index in [0.717, 1.165) is 25.1 Å². The number of nitrogens with one attached hydrogen (secondary N) is 1. The fourth-order valence-electron chi connectivity index (χ4n) is 2.31. The van der Waals surface area contributed by atoms with Gasteiger partial charge in [0.05, 0.1) is 12.5 Å². The Morgan fingerprint density at radius 1 is 1.40 bits per heavy atom. The predicted octanol–water partition coefficient (Wildman–Crippen LogP) is 2.29. The third-order valence-electron chi connectivity index (χ3n) is 3.98. The highest BCUT2D eigenvalue weighted by Gasteiger charge is 2.22. The summed E-state index contributed by atoms with van der Waals surface area (Å²) in [4.78, 5) is 12.1. The van der Waals surface area contributed by atoms with Gasteiger partial charge in [0.25, 0.3) is 0 Å². The van der Waals surface area contributed by atoms with Gasteiger partial charge in [-0.25, -0.2) is 0 Å². The molecule has 1 heterocycles. The lowest BCUT2D eigenvalue weighted by molar-refractivity contribution is -0.123. The molecule has 1 aliphatic heterocycles. The second-order valence-corrected chi connectivity index (χ2v) is 6.07. The van der Waals surface area contributed by atoms with Crippen LogP contribution in [0.25, 0.3) is 0 Å². The van der Waals surface area contributed by atoms with Crippen LogP contribution in [-0.2, 0) is 14.9 Å². The van der Waals surface area contributed by atoms with E-state index in [9.17, 15) is 4.79 Å². The molecule has 1 aromatic carbocycles. The average Bonchev–Trinajstić information content (AvgIpc) is 2.48. The molecule has 1 fully saturated rings. The summed E-state index contributed by atoms with van der Waals surface area (Å²) in [6.07, 6.45) is 1.87. The molecule has 0 radical (unpaired) electrons. The summed E-state index contributed by atoms with van der Waals surface area (Å²) in [5, 5.41) is 2.96. The van der Waals surface area contributed by atoms with Crippen molar-refractivity contribution in [1.29, 1.82) is 0 Å². The Hall–Kier alpha value is -1.39. The summed E-state index contributed by atoms with van der Waals surface area (Å²) >= 11 is 0. The van der Waals surface area contributed by atoms with E-state index < -0.39 is 0 Å². The van der Waals surface area contributed by atoms with Gasteiger partial charge in [0.15, 0.2) is 0 Å². The predicted molar refractivity (Wildman–Crippen MR) is 80.7 cm³/mol. The van der Waals surface area contributed by atoms with Crippen LogP contribution < -0.4 is 11.1 Å². The maximum atomic E-state index is 12.1. The molecular formula is C16H24N2O2. The van der Waals surface area contributed by atoms with E-state index in [2.05, 4.69) is 19.2 Å². The van der Waals surface area contributed by atoms with Crippen LogP contribution in [0.3, 0.4) is 0 Å². The summed E-state index contributed by atoms with van der Waals surface area (Å²) in [6, 6.07) is 7.93. The van der Waals surface area contributed by atoms with Crippen molar-refractivity contribution in [2.45, 2.75) is 32.1 Å². The molecule has 1 amide bonds. The average molecular weight is 276 g/mol. The maximum Gasteiger partial charge on any atom is 0.229 e. The molecule has 20 heavy (non-hydrogen) atoms. The van der Waals surface area contributed by atoms with Crippen LogP contribution in [0.2, 0.25) is 0 Å². The zero-order valence-corrected chi connectivity index (χ0v) is 12.3. The van der Waals surface area contributed by atoms with E-state index in [1.807, 2.05) is 24.3 Å². The van der Waals surface area contributed by atoms with Gasteiger partial charge in [-0.15, -0.1) is 0 Å². The normalized spacial score (nSPS) is 19.6. The molecule has 1 aromatic rings. The number of benzene rings is 1. The Morgan fingerprint density at radius 3 is 2.65 bits per heavy atom. The highest BCUT2D eigenvalue weighted by atomic mass is 16.5. The summed E-state index contributed by atoms with van der Waals surface area (Å²) in [5.74, 6) is 0.0273. The van der Waals surface area contributed by atoms with E-state index in [1.165, 1.54) is 5.56 Å². The standard InChI is InChI=1S/C16H24N2O2/c1-16(2,11-17)13-5-7-14(8-6-13)18-15(19)12-4-3-9-20-10-12/h5-8,12H,3-4,9-11,17H2,1-2H3,(H,18,19). The van der Waals surface area contributed by atoms with Crippen molar-refractivity contribution in [3.63, 3.8) is 0 Å². The van der Waals surface area contributed by atoms with E-state index >= 15 is 0 Å². The maximum absolute atomic E-state index is 12.1. The van der Waals surface area contributed by atoms with Crippen molar-refractivity contribution in [3.8, 4) is 0 Å². The summed E-state index contributed by atoms with van der Waals surface area (Å²) in [5.41, 5.74) is 7.74. The SMILES string of the molecule is CC(C)(CN)c1ccc(NC(=O)C2CCCOC2)cc1. The second kappa shape index (κ2) is 6.37. The number of carbonyl (C=O) groups is 1. The number of rotatable bonds is 4. The van der Waals surface area contributed by atoms with E-state index in [0.29, 0.717) is 13.2 Å². The molecule has 0 bridgehead atoms. The summed E-state index contributed by atoms with van der Waals surface area (Å²) in [6.45, 7) is 6.12. The molecule has 1 atom stereocenters. The van der Waals surface area contributed by atoms with Gasteiger partial charge >= 0.3 is 0 Å². The summed E-state index contributed by atoms with van der Waals surface area (Å²) < 4.78 is 5.34. The van der Waals surface area contributed by atoms with Crippen molar-refractivity contribution in [2.24, 2.45) is 11.7 Å². The van der Waals surface area contributed by atoms with Crippen molar-refractivity contribution < 1.29 is 9.53 Å². The number of anilines is 1. The molecule has 1 unspecified atom stereocenters. The number of nitrogens with two attached hydrogens (primary N) is 1. The molecule has 0 aromatic heterocycles. The van der Waals surface area contributed by atoms with Gasteiger partial charge in [-0.2, -0.15) is 0 Å². The molecule has 0 aliphatic carbocycles. The molecule has 3 N–H and O–H groups in total. The van der Waals surface area contributed by atoms with Gasteiger partial charge in [-0.1, -0.05) is 26.0 Å². The zero-order chi connectivity index (χ0) is 14.6. The topological polar surface area (TPSA) is 64.3 Å². The van der Waals surface area contributed by atoms with E-state index in [1.54, 1.807) is 0 Å². The largest absolute Gasteiger partial charge is 0.381 e. The first kappa shape index (κ1) is 15.0.